The number of hydrogen-bond acceptors (Lipinski definition) is 3. The number of benzene rings is 1. The van der Waals surface area contributed by atoms with Crippen molar-refractivity contribution in [2.24, 2.45) is 5.73 Å². The highest BCUT2D eigenvalue weighted by molar-refractivity contribution is 5.85. The van der Waals surface area contributed by atoms with E-state index in [0.717, 1.165) is 12.8 Å². The van der Waals surface area contributed by atoms with E-state index in [0.29, 0.717) is 11.3 Å². The third-order valence-electron chi connectivity index (χ3n) is 2.44. The fourth-order valence-electron chi connectivity index (χ4n) is 1.66. The fraction of sp³-hybridized carbons (Fsp3) is 0.500. The number of rotatable bonds is 5. The molecule has 0 bridgehead atoms. The Balaban J connectivity index is 0.00000324. The first-order valence-corrected chi connectivity index (χ1v) is 5.56. The van der Waals surface area contributed by atoms with Gasteiger partial charge in [-0.25, -0.2) is 0 Å². The van der Waals surface area contributed by atoms with Gasteiger partial charge in [0.25, 0.3) is 0 Å². The number of hydrogen-bond donors (Lipinski definition) is 1. The molecule has 1 atom stereocenters. The lowest BCUT2D eigenvalue weighted by atomic mass is 10.0. The van der Waals surface area contributed by atoms with Gasteiger partial charge in [-0.05, 0) is 12.5 Å². The molecule has 2 N–H and O–H groups in total. The van der Waals surface area contributed by atoms with E-state index in [4.69, 9.17) is 10.5 Å². The molecule has 0 aliphatic rings. The molecule has 0 amide bonds. The molecule has 0 unspecified atom stereocenters. The smallest absolute Gasteiger partial charge is 0.496 e. The molecular formula is C12H17ClF3NO2. The number of alkyl halides is 3. The summed E-state index contributed by atoms with van der Waals surface area (Å²) in [5.74, 6) is -0.00972. The second-order valence-electron chi connectivity index (χ2n) is 3.85. The maximum atomic E-state index is 12.1. The lowest BCUT2D eigenvalue weighted by Crippen LogP contribution is -2.17. The molecule has 110 valence electrons. The largest absolute Gasteiger partial charge is 0.573 e. The minimum atomic E-state index is -4.71. The molecule has 0 aliphatic heterocycles. The lowest BCUT2D eigenvalue weighted by Gasteiger charge is -2.16. The third-order valence-corrected chi connectivity index (χ3v) is 2.44. The van der Waals surface area contributed by atoms with Gasteiger partial charge in [0.1, 0.15) is 11.5 Å². The van der Waals surface area contributed by atoms with Gasteiger partial charge in [0.2, 0.25) is 0 Å². The molecule has 0 radical (unpaired) electrons. The molecule has 1 aromatic carbocycles. The molecule has 0 heterocycles. The monoisotopic (exact) mass is 299 g/mol. The zero-order valence-electron chi connectivity index (χ0n) is 10.7. The molecule has 3 nitrogen and oxygen atoms in total. The van der Waals surface area contributed by atoms with Crippen LogP contribution in [0.1, 0.15) is 31.4 Å². The van der Waals surface area contributed by atoms with Gasteiger partial charge >= 0.3 is 6.36 Å². The van der Waals surface area contributed by atoms with Gasteiger partial charge in [-0.2, -0.15) is 0 Å². The second-order valence-corrected chi connectivity index (χ2v) is 3.85. The predicted octanol–water partition coefficient (Wildman–Crippen LogP) is 3.82. The van der Waals surface area contributed by atoms with E-state index in [-0.39, 0.29) is 24.2 Å². The van der Waals surface area contributed by atoms with Crippen LogP contribution in [-0.4, -0.2) is 13.5 Å². The molecular weight excluding hydrogens is 283 g/mol. The Labute approximate surface area is 116 Å². The quantitative estimate of drug-likeness (QED) is 0.899. The van der Waals surface area contributed by atoms with Gasteiger partial charge in [0.15, 0.2) is 0 Å². The summed E-state index contributed by atoms with van der Waals surface area (Å²) < 4.78 is 45.1. The van der Waals surface area contributed by atoms with Crippen molar-refractivity contribution in [3.05, 3.63) is 23.8 Å². The number of methoxy groups -OCH3 is 1. The van der Waals surface area contributed by atoms with Crippen LogP contribution in [0.25, 0.3) is 0 Å². The van der Waals surface area contributed by atoms with Crippen molar-refractivity contribution in [2.45, 2.75) is 32.2 Å². The average molecular weight is 300 g/mol. The topological polar surface area (TPSA) is 44.5 Å². The van der Waals surface area contributed by atoms with E-state index < -0.39 is 6.36 Å². The molecule has 0 spiro atoms. The van der Waals surface area contributed by atoms with E-state index in [1.807, 2.05) is 6.92 Å². The SMILES string of the molecule is CCC[C@@H](N)c1ccc(OC(F)(F)F)cc1OC.Cl. The number of nitrogens with two attached hydrogens (primary N) is 1. The summed E-state index contributed by atoms with van der Waals surface area (Å²) in [6.07, 6.45) is -3.10. The summed E-state index contributed by atoms with van der Waals surface area (Å²) in [6.45, 7) is 1.98. The van der Waals surface area contributed by atoms with E-state index in [1.165, 1.54) is 25.3 Å². The maximum Gasteiger partial charge on any atom is 0.573 e. The van der Waals surface area contributed by atoms with Crippen molar-refractivity contribution in [2.75, 3.05) is 7.11 Å². The zero-order chi connectivity index (χ0) is 13.8. The van der Waals surface area contributed by atoms with E-state index in [9.17, 15) is 13.2 Å². The van der Waals surface area contributed by atoms with E-state index in [1.54, 1.807) is 0 Å². The molecule has 0 aliphatic carbocycles. The molecule has 0 aromatic heterocycles. The first-order valence-electron chi connectivity index (χ1n) is 5.56. The van der Waals surface area contributed by atoms with Crippen molar-refractivity contribution in [3.8, 4) is 11.5 Å². The fourth-order valence-corrected chi connectivity index (χ4v) is 1.66. The highest BCUT2D eigenvalue weighted by Crippen LogP contribution is 2.32. The highest BCUT2D eigenvalue weighted by Gasteiger charge is 2.31. The van der Waals surface area contributed by atoms with Crippen molar-refractivity contribution >= 4 is 12.4 Å². The van der Waals surface area contributed by atoms with Crippen molar-refractivity contribution in [1.29, 1.82) is 0 Å². The Bertz CT molecular complexity index is 399. The molecule has 19 heavy (non-hydrogen) atoms. The Morgan fingerprint density at radius 1 is 1.32 bits per heavy atom. The van der Waals surface area contributed by atoms with E-state index >= 15 is 0 Å². The van der Waals surface area contributed by atoms with Gasteiger partial charge in [-0.15, -0.1) is 25.6 Å². The van der Waals surface area contributed by atoms with Crippen LogP contribution in [0.3, 0.4) is 0 Å². The van der Waals surface area contributed by atoms with Crippen LogP contribution in [0.15, 0.2) is 18.2 Å². The van der Waals surface area contributed by atoms with Crippen LogP contribution < -0.4 is 15.2 Å². The van der Waals surface area contributed by atoms with Crippen LogP contribution in [-0.2, 0) is 0 Å². The highest BCUT2D eigenvalue weighted by atomic mass is 35.5. The van der Waals surface area contributed by atoms with Gasteiger partial charge in [0, 0.05) is 17.7 Å². The van der Waals surface area contributed by atoms with Crippen molar-refractivity contribution < 1.29 is 22.6 Å². The van der Waals surface area contributed by atoms with Crippen LogP contribution in [0.5, 0.6) is 11.5 Å². The van der Waals surface area contributed by atoms with Crippen LogP contribution in [0.2, 0.25) is 0 Å². The third kappa shape index (κ3) is 5.57. The summed E-state index contributed by atoms with van der Waals surface area (Å²) >= 11 is 0. The Morgan fingerprint density at radius 2 is 1.95 bits per heavy atom. The van der Waals surface area contributed by atoms with Gasteiger partial charge in [0.05, 0.1) is 7.11 Å². The average Bonchev–Trinajstić information content (AvgIpc) is 2.27. The normalized spacial score (nSPS) is 12.5. The minimum Gasteiger partial charge on any atom is -0.496 e. The maximum absolute atomic E-state index is 12.1. The summed E-state index contributed by atoms with van der Waals surface area (Å²) in [4.78, 5) is 0. The summed E-state index contributed by atoms with van der Waals surface area (Å²) in [6, 6.07) is 3.67. The standard InChI is InChI=1S/C12H16F3NO2.ClH/c1-3-4-10(16)9-6-5-8(7-11(9)17-2)18-12(13,14)15;/h5-7,10H,3-4,16H2,1-2H3;1H/t10-;/m1./s1. The first kappa shape index (κ1) is 17.9. The molecule has 1 aromatic rings. The first-order chi connectivity index (χ1) is 8.37. The number of halogens is 4. The molecule has 7 heteroatoms. The van der Waals surface area contributed by atoms with E-state index in [2.05, 4.69) is 4.74 Å². The Kier molecular flexibility index (Phi) is 7.00. The van der Waals surface area contributed by atoms with Crippen LogP contribution >= 0.6 is 12.4 Å². The Hall–Kier alpha value is -1.14. The second kappa shape index (κ2) is 7.45. The van der Waals surface area contributed by atoms with Gasteiger partial charge in [-0.3, -0.25) is 0 Å². The van der Waals surface area contributed by atoms with Gasteiger partial charge in [-0.1, -0.05) is 19.4 Å². The van der Waals surface area contributed by atoms with Crippen molar-refractivity contribution in [3.63, 3.8) is 0 Å². The van der Waals surface area contributed by atoms with Crippen molar-refractivity contribution in [1.82, 2.24) is 0 Å². The zero-order valence-corrected chi connectivity index (χ0v) is 11.5. The van der Waals surface area contributed by atoms with Gasteiger partial charge < -0.3 is 15.2 Å². The minimum absolute atomic E-state index is 0. The van der Waals surface area contributed by atoms with Crippen LogP contribution in [0, 0.1) is 0 Å². The summed E-state index contributed by atoms with van der Waals surface area (Å²) in [7, 11) is 1.38. The summed E-state index contributed by atoms with van der Waals surface area (Å²) in [5.41, 5.74) is 6.59. The Morgan fingerprint density at radius 3 is 2.42 bits per heavy atom. The lowest BCUT2D eigenvalue weighted by molar-refractivity contribution is -0.274. The molecule has 1 rings (SSSR count). The summed E-state index contributed by atoms with van der Waals surface area (Å²) in [5, 5.41) is 0. The molecule has 0 saturated carbocycles. The van der Waals surface area contributed by atoms with Crippen LogP contribution in [0.4, 0.5) is 13.2 Å². The molecule has 0 saturated heterocycles. The number of ether oxygens (including phenoxy) is 2. The predicted molar refractivity (Wildman–Crippen MR) is 68.8 cm³/mol. The molecule has 0 fully saturated rings.